The minimum Gasteiger partial charge on any atom is -0.339 e. The van der Waals surface area contributed by atoms with Crippen LogP contribution in [0.4, 0.5) is 13.2 Å². The van der Waals surface area contributed by atoms with Crippen LogP contribution in [-0.4, -0.2) is 46.3 Å². The van der Waals surface area contributed by atoms with E-state index in [2.05, 4.69) is 4.98 Å². The zero-order valence-electron chi connectivity index (χ0n) is 16.1. The smallest absolute Gasteiger partial charge is 0.339 e. The van der Waals surface area contributed by atoms with Crippen LogP contribution in [0.1, 0.15) is 29.8 Å². The van der Waals surface area contributed by atoms with E-state index in [0.29, 0.717) is 59.9 Å². The van der Waals surface area contributed by atoms with E-state index in [1.54, 1.807) is 23.1 Å². The molecule has 2 heterocycles. The van der Waals surface area contributed by atoms with Crippen molar-refractivity contribution < 1.29 is 26.4 Å². The van der Waals surface area contributed by atoms with Crippen LogP contribution in [0.2, 0.25) is 10.0 Å². The Morgan fingerprint density at radius 1 is 1.16 bits per heavy atom. The summed E-state index contributed by atoms with van der Waals surface area (Å²) in [6.45, 7) is 0.436. The van der Waals surface area contributed by atoms with Crippen molar-refractivity contribution >= 4 is 39.1 Å². The van der Waals surface area contributed by atoms with Gasteiger partial charge in [0.25, 0.3) is 0 Å². The van der Waals surface area contributed by atoms with Gasteiger partial charge < -0.3 is 4.90 Å². The van der Waals surface area contributed by atoms with E-state index in [1.165, 1.54) is 0 Å². The van der Waals surface area contributed by atoms with Gasteiger partial charge in [0, 0.05) is 35.0 Å². The highest BCUT2D eigenvalue weighted by Gasteiger charge is 2.49. The van der Waals surface area contributed by atoms with Gasteiger partial charge in [-0.05, 0) is 43.4 Å². The van der Waals surface area contributed by atoms with Gasteiger partial charge in [0.05, 0.1) is 11.4 Å². The third-order valence-electron chi connectivity index (χ3n) is 5.92. The molecule has 1 fully saturated rings. The van der Waals surface area contributed by atoms with Gasteiger partial charge in [0.1, 0.15) is 6.33 Å². The first-order chi connectivity index (χ1) is 14.5. The summed E-state index contributed by atoms with van der Waals surface area (Å²) in [5.41, 5.74) is -4.45. The van der Waals surface area contributed by atoms with Crippen molar-refractivity contribution in [2.45, 2.75) is 43.7 Å². The number of benzene rings is 1. The van der Waals surface area contributed by atoms with E-state index >= 15 is 0 Å². The summed E-state index contributed by atoms with van der Waals surface area (Å²) in [6, 6.07) is 4.72. The summed E-state index contributed by atoms with van der Waals surface area (Å²) >= 11 is 12.4. The number of likely N-dealkylation sites (tertiary alicyclic amines) is 1. The summed E-state index contributed by atoms with van der Waals surface area (Å²) in [6.07, 6.45) is 2.42. The zero-order valence-corrected chi connectivity index (χ0v) is 18.4. The number of imidazole rings is 1. The van der Waals surface area contributed by atoms with Crippen LogP contribution in [0.15, 0.2) is 24.5 Å². The number of halogens is 5. The van der Waals surface area contributed by atoms with E-state index in [0.717, 1.165) is 0 Å². The number of aromatic nitrogens is 2. The average molecular weight is 496 g/mol. The molecular formula is C19H18Cl2F3N3O3S. The highest BCUT2D eigenvalue weighted by atomic mass is 35.5. The van der Waals surface area contributed by atoms with Crippen LogP contribution in [-0.2, 0) is 34.1 Å². The van der Waals surface area contributed by atoms with E-state index in [-0.39, 0.29) is 27.9 Å². The molecule has 31 heavy (non-hydrogen) atoms. The SMILES string of the molecule is O=C1C(Cc2c(Cl)cccc2Cl)CCN1C1CCc2ncn(S(=O)(=O)C(F)(F)F)c2C1. The van der Waals surface area contributed by atoms with Gasteiger partial charge >= 0.3 is 15.5 Å². The lowest BCUT2D eigenvalue weighted by atomic mass is 9.94. The van der Waals surface area contributed by atoms with E-state index < -0.39 is 21.6 Å². The summed E-state index contributed by atoms with van der Waals surface area (Å²) < 4.78 is 63.1. The molecule has 2 unspecified atom stereocenters. The normalized spacial score (nSPS) is 22.1. The van der Waals surface area contributed by atoms with Crippen LogP contribution >= 0.6 is 23.2 Å². The summed E-state index contributed by atoms with van der Waals surface area (Å²) in [5.74, 6) is -0.475. The zero-order chi connectivity index (χ0) is 22.6. The van der Waals surface area contributed by atoms with Gasteiger partial charge in [-0.3, -0.25) is 4.79 Å². The molecule has 1 aromatic heterocycles. The van der Waals surface area contributed by atoms with E-state index in [4.69, 9.17) is 23.2 Å². The van der Waals surface area contributed by atoms with Crippen molar-refractivity contribution in [3.05, 3.63) is 51.5 Å². The lowest BCUT2D eigenvalue weighted by Gasteiger charge is -2.31. The van der Waals surface area contributed by atoms with E-state index in [1.807, 2.05) is 0 Å². The Bertz CT molecular complexity index is 1110. The lowest BCUT2D eigenvalue weighted by Crippen LogP contribution is -2.42. The predicted octanol–water partition coefficient (Wildman–Crippen LogP) is 3.84. The maximum Gasteiger partial charge on any atom is 0.517 e. The molecule has 2 aromatic rings. The van der Waals surface area contributed by atoms with Gasteiger partial charge in [-0.25, -0.2) is 8.96 Å². The number of carbonyl (C=O) groups excluding carboxylic acids is 1. The Morgan fingerprint density at radius 2 is 1.84 bits per heavy atom. The summed E-state index contributed by atoms with van der Waals surface area (Å²) in [4.78, 5) is 18.5. The fourth-order valence-corrected chi connectivity index (χ4v) is 5.73. The quantitative estimate of drug-likeness (QED) is 0.645. The molecule has 1 saturated heterocycles. The minimum atomic E-state index is -5.57. The second-order valence-electron chi connectivity index (χ2n) is 7.70. The molecule has 0 bridgehead atoms. The maximum atomic E-state index is 13.0. The van der Waals surface area contributed by atoms with Gasteiger partial charge in [0.2, 0.25) is 5.91 Å². The van der Waals surface area contributed by atoms with Crippen molar-refractivity contribution in [2.75, 3.05) is 6.54 Å². The molecule has 4 rings (SSSR count). The monoisotopic (exact) mass is 495 g/mol. The Labute approximate surface area is 187 Å². The van der Waals surface area contributed by atoms with Crippen LogP contribution in [0.3, 0.4) is 0 Å². The number of rotatable bonds is 4. The fourth-order valence-electron chi connectivity index (χ4n) is 4.31. The second kappa shape index (κ2) is 7.97. The number of aryl methyl sites for hydroxylation is 1. The standard InChI is InChI=1S/C19H18Cl2F3N3O3S/c20-14-2-1-3-15(21)13(14)8-11-6-7-26(18(11)28)12-4-5-16-17(9-12)27(10-25-16)31(29,30)19(22,23)24/h1-3,10-12H,4-9H2. The molecule has 1 amide bonds. The van der Waals surface area contributed by atoms with Gasteiger partial charge in [-0.15, -0.1) is 0 Å². The van der Waals surface area contributed by atoms with Crippen LogP contribution in [0.5, 0.6) is 0 Å². The number of carbonyl (C=O) groups is 1. The molecule has 1 aromatic carbocycles. The number of fused-ring (bicyclic) bond motifs is 1. The highest BCUT2D eigenvalue weighted by Crippen LogP contribution is 2.35. The van der Waals surface area contributed by atoms with Crippen LogP contribution in [0, 0.1) is 5.92 Å². The van der Waals surface area contributed by atoms with Crippen molar-refractivity contribution in [1.29, 1.82) is 0 Å². The molecule has 0 radical (unpaired) electrons. The number of nitrogens with zero attached hydrogens (tertiary/aromatic N) is 3. The molecule has 12 heteroatoms. The lowest BCUT2D eigenvalue weighted by molar-refractivity contribution is -0.133. The van der Waals surface area contributed by atoms with Crippen LogP contribution < -0.4 is 0 Å². The molecule has 1 aliphatic heterocycles. The molecule has 0 N–H and O–H groups in total. The molecule has 2 atom stereocenters. The second-order valence-corrected chi connectivity index (χ2v) is 10.3. The highest BCUT2D eigenvalue weighted by molar-refractivity contribution is 7.90. The molecule has 6 nitrogen and oxygen atoms in total. The van der Waals surface area contributed by atoms with Crippen molar-refractivity contribution in [3.63, 3.8) is 0 Å². The van der Waals surface area contributed by atoms with Gasteiger partial charge in [0.15, 0.2) is 0 Å². The largest absolute Gasteiger partial charge is 0.517 e. The maximum absolute atomic E-state index is 13.0. The third kappa shape index (κ3) is 3.93. The molecule has 168 valence electrons. The number of hydrogen-bond donors (Lipinski definition) is 0. The fraction of sp³-hybridized carbons (Fsp3) is 0.474. The van der Waals surface area contributed by atoms with Crippen molar-refractivity contribution in [2.24, 2.45) is 5.92 Å². The van der Waals surface area contributed by atoms with Gasteiger partial charge in [-0.2, -0.15) is 21.6 Å². The Kier molecular flexibility index (Phi) is 5.76. The Balaban J connectivity index is 1.53. The van der Waals surface area contributed by atoms with Crippen molar-refractivity contribution in [3.8, 4) is 0 Å². The Morgan fingerprint density at radius 3 is 2.48 bits per heavy atom. The van der Waals surface area contributed by atoms with Gasteiger partial charge in [-0.1, -0.05) is 29.3 Å². The Hall–Kier alpha value is -1.78. The van der Waals surface area contributed by atoms with E-state index in [9.17, 15) is 26.4 Å². The molecule has 0 spiro atoms. The third-order valence-corrected chi connectivity index (χ3v) is 8.04. The molecule has 1 aliphatic carbocycles. The molecular weight excluding hydrogens is 478 g/mol. The topological polar surface area (TPSA) is 72.3 Å². The first-order valence-corrected chi connectivity index (χ1v) is 11.8. The molecule has 0 saturated carbocycles. The number of amides is 1. The average Bonchev–Trinajstić information content (AvgIpc) is 3.27. The summed E-state index contributed by atoms with van der Waals surface area (Å²) in [5, 5.41) is 0.949. The minimum absolute atomic E-state index is 0.00402. The predicted molar refractivity (Wildman–Crippen MR) is 108 cm³/mol. The van der Waals surface area contributed by atoms with Crippen LogP contribution in [0.25, 0.3) is 0 Å². The first-order valence-electron chi connectivity index (χ1n) is 9.61. The number of hydrogen-bond acceptors (Lipinski definition) is 4. The first kappa shape index (κ1) is 22.4. The van der Waals surface area contributed by atoms with Crippen molar-refractivity contribution in [1.82, 2.24) is 13.9 Å². The molecule has 2 aliphatic rings. The number of alkyl halides is 3. The summed E-state index contributed by atoms with van der Waals surface area (Å²) in [7, 11) is -5.57.